The zero-order valence-corrected chi connectivity index (χ0v) is 10.3. The second-order valence-corrected chi connectivity index (χ2v) is 7.63. The van der Waals surface area contributed by atoms with Gasteiger partial charge in [0.25, 0.3) is 0 Å². The average molecular weight is 256 g/mol. The molecule has 1 aromatic carbocycles. The molecule has 3 nitrogen and oxygen atoms in total. The lowest BCUT2D eigenvalue weighted by Gasteiger charge is -2.17. The van der Waals surface area contributed by atoms with E-state index in [1.165, 1.54) is 0 Å². The third kappa shape index (κ3) is 1.42. The Morgan fingerprint density at radius 1 is 1.12 bits per heavy atom. The van der Waals surface area contributed by atoms with Crippen LogP contribution in [0.25, 0.3) is 0 Å². The van der Waals surface area contributed by atoms with Crippen LogP contribution in [0.15, 0.2) is 30.3 Å². The Labute approximate surface area is 99.1 Å². The lowest BCUT2D eigenvalue weighted by Crippen LogP contribution is -2.34. The minimum Gasteiger partial charge on any atom is -0.335 e. The third-order valence-corrected chi connectivity index (χ3v) is 7.27. The molecule has 3 rings (SSSR count). The molecule has 5 heteroatoms. The average Bonchev–Trinajstić information content (AvgIpc) is 3.04. The summed E-state index contributed by atoms with van der Waals surface area (Å²) in [4.78, 5) is 0. The summed E-state index contributed by atoms with van der Waals surface area (Å²) < 4.78 is 28.6. The summed E-state index contributed by atoms with van der Waals surface area (Å²) in [6, 6.07) is 9.62. The molecule has 2 saturated heterocycles. The minimum atomic E-state index is -1.12. The van der Waals surface area contributed by atoms with Crippen LogP contribution in [0.1, 0.15) is 18.1 Å². The third-order valence-electron chi connectivity index (χ3n) is 2.94. The topological polar surface area (TPSA) is 46.7 Å². The molecule has 3 atom stereocenters. The molecule has 2 heterocycles. The Morgan fingerprint density at radius 3 is 2.38 bits per heavy atom. The van der Waals surface area contributed by atoms with Gasteiger partial charge in [-0.2, -0.15) is 0 Å². The lowest BCUT2D eigenvalue weighted by atomic mass is 10.2. The van der Waals surface area contributed by atoms with Crippen LogP contribution in [0.4, 0.5) is 0 Å². The van der Waals surface area contributed by atoms with E-state index in [2.05, 4.69) is 0 Å². The van der Waals surface area contributed by atoms with Gasteiger partial charge in [-0.1, -0.05) is 30.3 Å². The van der Waals surface area contributed by atoms with E-state index in [9.17, 15) is 8.42 Å². The fourth-order valence-electron chi connectivity index (χ4n) is 2.09. The Bertz CT molecular complexity index is 442. The quantitative estimate of drug-likeness (QED) is 0.712. The molecule has 0 amide bonds. The highest BCUT2D eigenvalue weighted by atomic mass is 32.2. The molecule has 0 unspecified atom stereocenters. The van der Waals surface area contributed by atoms with Crippen LogP contribution in [-0.2, 0) is 26.3 Å². The highest BCUT2D eigenvalue weighted by Crippen LogP contribution is 2.55. The van der Waals surface area contributed by atoms with Gasteiger partial charge in [-0.3, -0.25) is 8.42 Å². The van der Waals surface area contributed by atoms with Crippen molar-refractivity contribution in [2.75, 3.05) is 11.5 Å². The van der Waals surface area contributed by atoms with E-state index in [1.54, 1.807) is 0 Å². The molecule has 0 bridgehead atoms. The molecule has 1 aromatic rings. The van der Waals surface area contributed by atoms with Gasteiger partial charge in [0.1, 0.15) is 6.10 Å². The van der Waals surface area contributed by atoms with Crippen LogP contribution >= 0.6 is 0 Å². The molecular formula is C11H12O3S2. The zero-order valence-electron chi connectivity index (χ0n) is 8.63. The molecule has 0 radical (unpaired) electrons. The van der Waals surface area contributed by atoms with Crippen LogP contribution in [0.3, 0.4) is 0 Å². The summed E-state index contributed by atoms with van der Waals surface area (Å²) in [5.74, 6) is 1.21. The molecule has 0 N–H and O–H groups in total. The van der Waals surface area contributed by atoms with Gasteiger partial charge in [0.05, 0.1) is 21.6 Å². The Kier molecular flexibility index (Phi) is 2.49. The molecule has 0 saturated carbocycles. The maximum absolute atomic E-state index is 12.0. The molecule has 2 aliphatic rings. The Balaban J connectivity index is 1.93. The summed E-state index contributed by atoms with van der Waals surface area (Å²) in [6.07, 6.45) is 0.530. The normalized spacial score (nSPS) is 36.1. The number of hydrogen-bond acceptors (Lipinski definition) is 3. The number of hydrogen-bond donors (Lipinski definition) is 0. The maximum atomic E-state index is 12.0. The van der Waals surface area contributed by atoms with E-state index in [0.717, 1.165) is 12.0 Å². The van der Waals surface area contributed by atoms with E-state index in [4.69, 9.17) is 4.74 Å². The summed E-state index contributed by atoms with van der Waals surface area (Å²) in [5, 5.41) is 0. The van der Waals surface area contributed by atoms with Gasteiger partial charge in [-0.15, -0.1) is 0 Å². The molecule has 1 spiro atoms. The first-order valence-electron chi connectivity index (χ1n) is 5.25. The van der Waals surface area contributed by atoms with Crippen LogP contribution in [0.2, 0.25) is 0 Å². The fraction of sp³-hybridized carbons (Fsp3) is 0.455. The standard InChI is InChI=1S/C11H12O3S2/c12-15-7-4-8-16(13)11(15)10(14-11)9-5-2-1-3-6-9/h1-3,5-6,10H,4,7-8H2/t10-,15+,16+/m0/s1. The minimum absolute atomic E-state index is 0.240. The summed E-state index contributed by atoms with van der Waals surface area (Å²) in [5.41, 5.74) is 0.978. The lowest BCUT2D eigenvalue weighted by molar-refractivity contribution is 0.389. The van der Waals surface area contributed by atoms with Crippen molar-refractivity contribution in [1.29, 1.82) is 0 Å². The number of epoxide rings is 1. The van der Waals surface area contributed by atoms with E-state index in [-0.39, 0.29) is 6.10 Å². The van der Waals surface area contributed by atoms with E-state index in [1.807, 2.05) is 30.3 Å². The molecule has 0 aromatic heterocycles. The number of rotatable bonds is 1. The summed E-state index contributed by atoms with van der Waals surface area (Å²) >= 11 is 0. The smallest absolute Gasteiger partial charge is 0.249 e. The maximum Gasteiger partial charge on any atom is 0.249 e. The monoisotopic (exact) mass is 256 g/mol. The Hall–Kier alpha value is -0.520. The predicted molar refractivity (Wildman–Crippen MR) is 63.6 cm³/mol. The second kappa shape index (κ2) is 3.75. The van der Waals surface area contributed by atoms with Crippen LogP contribution in [-0.4, -0.2) is 24.2 Å². The van der Waals surface area contributed by atoms with Crippen molar-refractivity contribution in [3.8, 4) is 0 Å². The van der Waals surface area contributed by atoms with Crippen LogP contribution in [0, 0.1) is 0 Å². The zero-order chi connectivity index (χ0) is 11.2. The van der Waals surface area contributed by atoms with Gasteiger partial charge in [0.15, 0.2) is 0 Å². The summed E-state index contributed by atoms with van der Waals surface area (Å²) in [6.45, 7) is 0. The highest BCUT2D eigenvalue weighted by molar-refractivity contribution is 8.05. The van der Waals surface area contributed by atoms with Crippen molar-refractivity contribution in [3.63, 3.8) is 0 Å². The van der Waals surface area contributed by atoms with Gasteiger partial charge in [0.2, 0.25) is 4.27 Å². The van der Waals surface area contributed by atoms with Crippen molar-refractivity contribution < 1.29 is 13.2 Å². The molecule has 86 valence electrons. The van der Waals surface area contributed by atoms with Crippen molar-refractivity contribution >= 4 is 21.6 Å². The van der Waals surface area contributed by atoms with Gasteiger partial charge < -0.3 is 4.74 Å². The SMILES string of the molecule is O=[S@@]1CCC[S@@](=O)C12O[C@H]2c1ccccc1. The van der Waals surface area contributed by atoms with Crippen molar-refractivity contribution in [3.05, 3.63) is 35.9 Å². The van der Waals surface area contributed by atoms with Crippen molar-refractivity contribution in [2.24, 2.45) is 0 Å². The molecule has 16 heavy (non-hydrogen) atoms. The largest absolute Gasteiger partial charge is 0.335 e. The number of benzene rings is 1. The van der Waals surface area contributed by atoms with E-state index in [0.29, 0.717) is 11.5 Å². The molecular weight excluding hydrogens is 244 g/mol. The van der Waals surface area contributed by atoms with Crippen LogP contribution in [0.5, 0.6) is 0 Å². The number of ether oxygens (including phenoxy) is 1. The molecule has 0 aliphatic carbocycles. The van der Waals surface area contributed by atoms with Crippen molar-refractivity contribution in [1.82, 2.24) is 0 Å². The summed E-state index contributed by atoms with van der Waals surface area (Å²) in [7, 11) is -2.24. The molecule has 2 aliphatic heterocycles. The van der Waals surface area contributed by atoms with E-state index < -0.39 is 25.9 Å². The Morgan fingerprint density at radius 2 is 1.75 bits per heavy atom. The first-order chi connectivity index (χ1) is 7.75. The highest BCUT2D eigenvalue weighted by Gasteiger charge is 2.67. The van der Waals surface area contributed by atoms with E-state index >= 15 is 0 Å². The molecule has 2 fully saturated rings. The van der Waals surface area contributed by atoms with Gasteiger partial charge >= 0.3 is 0 Å². The van der Waals surface area contributed by atoms with Crippen molar-refractivity contribution in [2.45, 2.75) is 16.8 Å². The van der Waals surface area contributed by atoms with Gasteiger partial charge in [-0.25, -0.2) is 0 Å². The first-order valence-corrected chi connectivity index (χ1v) is 7.88. The van der Waals surface area contributed by atoms with Gasteiger partial charge in [0, 0.05) is 11.5 Å². The fourth-order valence-corrected chi connectivity index (χ4v) is 6.14. The van der Waals surface area contributed by atoms with Gasteiger partial charge in [-0.05, 0) is 12.0 Å². The first kappa shape index (κ1) is 10.6. The predicted octanol–water partition coefficient (Wildman–Crippen LogP) is 1.31. The second-order valence-electron chi connectivity index (χ2n) is 3.96. The van der Waals surface area contributed by atoms with Crippen LogP contribution < -0.4 is 0 Å².